The van der Waals surface area contributed by atoms with E-state index in [0.717, 1.165) is 9.26 Å². The molecule has 0 bridgehead atoms. The highest BCUT2D eigenvalue weighted by molar-refractivity contribution is 14.1. The summed E-state index contributed by atoms with van der Waals surface area (Å²) < 4.78 is 40.8. The summed E-state index contributed by atoms with van der Waals surface area (Å²) >= 11 is 2.05. The van der Waals surface area contributed by atoms with Gasteiger partial charge in [-0.15, -0.1) is 0 Å². The number of halogens is 4. The van der Waals surface area contributed by atoms with Crippen molar-refractivity contribution in [1.29, 1.82) is 0 Å². The van der Waals surface area contributed by atoms with Crippen molar-refractivity contribution in [3.63, 3.8) is 0 Å². The molecule has 18 heavy (non-hydrogen) atoms. The summed E-state index contributed by atoms with van der Waals surface area (Å²) in [6.07, 6.45) is -3.40. The Morgan fingerprint density at radius 1 is 1.33 bits per heavy atom. The molecule has 4 nitrogen and oxygen atoms in total. The summed E-state index contributed by atoms with van der Waals surface area (Å²) in [4.78, 5) is 8.24. The summed E-state index contributed by atoms with van der Waals surface area (Å²) in [6.45, 7) is 0.587. The van der Waals surface area contributed by atoms with Gasteiger partial charge in [0, 0.05) is 6.42 Å². The van der Waals surface area contributed by atoms with Crippen LogP contribution in [0.2, 0.25) is 0 Å². The van der Waals surface area contributed by atoms with Gasteiger partial charge in [0.2, 0.25) is 0 Å². The summed E-state index contributed by atoms with van der Waals surface area (Å²) in [5, 5.41) is 0. The van der Waals surface area contributed by atoms with Gasteiger partial charge in [-0.05, 0) is 29.0 Å². The molecule has 0 spiro atoms. The zero-order chi connectivity index (χ0) is 13.8. The zero-order valence-electron chi connectivity index (χ0n) is 9.72. The number of alkyl halides is 3. The monoisotopic (exact) mass is 375 g/mol. The van der Waals surface area contributed by atoms with Crippen molar-refractivity contribution >= 4 is 28.4 Å². The lowest BCUT2D eigenvalue weighted by Crippen LogP contribution is -2.18. The summed E-state index contributed by atoms with van der Waals surface area (Å²) in [5.41, 5.74) is 6.49. The fourth-order valence-electron chi connectivity index (χ4n) is 1.26. The van der Waals surface area contributed by atoms with Crippen LogP contribution < -0.4 is 5.73 Å². The molecule has 102 valence electrons. The van der Waals surface area contributed by atoms with Gasteiger partial charge in [-0.25, -0.2) is 9.97 Å². The molecule has 0 aliphatic carbocycles. The number of rotatable bonds is 5. The Morgan fingerprint density at radius 2 is 2.00 bits per heavy atom. The van der Waals surface area contributed by atoms with Crippen molar-refractivity contribution in [2.75, 3.05) is 18.9 Å². The van der Waals surface area contributed by atoms with E-state index in [1.165, 1.54) is 0 Å². The number of aryl methyl sites for hydroxylation is 1. The number of nitrogens with two attached hydrogens (primary N) is 1. The molecule has 2 N–H and O–H groups in total. The highest BCUT2D eigenvalue weighted by Gasteiger charge is 2.27. The first-order valence-electron chi connectivity index (χ1n) is 5.28. The second kappa shape index (κ2) is 6.50. The van der Waals surface area contributed by atoms with Gasteiger partial charge in [0.05, 0.1) is 15.9 Å². The number of nitrogen functional groups attached to an aromatic ring is 1. The Balaban J connectivity index is 2.55. The van der Waals surface area contributed by atoms with E-state index in [2.05, 4.69) is 14.7 Å². The number of hydrogen-bond donors (Lipinski definition) is 1. The quantitative estimate of drug-likeness (QED) is 0.634. The molecule has 0 radical (unpaired) electrons. The van der Waals surface area contributed by atoms with Crippen molar-refractivity contribution < 1.29 is 17.9 Å². The van der Waals surface area contributed by atoms with Crippen LogP contribution in [0.25, 0.3) is 0 Å². The molecule has 1 rings (SSSR count). The Morgan fingerprint density at radius 3 is 2.56 bits per heavy atom. The normalized spacial score (nSPS) is 11.8. The molecular weight excluding hydrogens is 362 g/mol. The number of aromatic nitrogens is 2. The van der Waals surface area contributed by atoms with Gasteiger partial charge in [-0.2, -0.15) is 13.2 Å². The van der Waals surface area contributed by atoms with Crippen LogP contribution in [-0.2, 0) is 17.6 Å². The minimum atomic E-state index is -4.31. The van der Waals surface area contributed by atoms with Crippen LogP contribution in [0.3, 0.4) is 0 Å². The topological polar surface area (TPSA) is 61.0 Å². The molecule has 0 aromatic carbocycles. The van der Waals surface area contributed by atoms with E-state index in [-0.39, 0.29) is 13.0 Å². The fraction of sp³-hybridized carbons (Fsp3) is 0.600. The molecule has 0 amide bonds. The van der Waals surface area contributed by atoms with E-state index in [9.17, 15) is 13.2 Å². The molecule has 1 heterocycles. The largest absolute Gasteiger partial charge is 0.411 e. The van der Waals surface area contributed by atoms with Gasteiger partial charge in [0.15, 0.2) is 0 Å². The maximum Gasteiger partial charge on any atom is 0.411 e. The van der Waals surface area contributed by atoms with Crippen molar-refractivity contribution in [3.05, 3.63) is 15.1 Å². The van der Waals surface area contributed by atoms with Crippen LogP contribution in [0.5, 0.6) is 0 Å². The molecule has 1 aromatic rings. The SMILES string of the molecule is CCc1nc(CCOCC(F)(F)F)nc(N)c1I. The minimum Gasteiger partial charge on any atom is -0.383 e. The van der Waals surface area contributed by atoms with Gasteiger partial charge in [-0.1, -0.05) is 6.92 Å². The standard InChI is InChI=1S/C10H13F3IN3O/c1-2-6-8(14)9(15)17-7(16-6)3-4-18-5-10(11,12)13/h2-5H2,1H3,(H2,15,16,17). The lowest BCUT2D eigenvalue weighted by molar-refractivity contribution is -0.173. The second-order valence-corrected chi connectivity index (χ2v) is 4.64. The Labute approximate surface area is 116 Å². The van der Waals surface area contributed by atoms with Crippen molar-refractivity contribution in [2.24, 2.45) is 0 Å². The second-order valence-electron chi connectivity index (χ2n) is 3.56. The van der Waals surface area contributed by atoms with Crippen LogP contribution in [0.4, 0.5) is 19.0 Å². The van der Waals surface area contributed by atoms with Gasteiger partial charge in [0.25, 0.3) is 0 Å². The molecule has 0 unspecified atom stereocenters. The molecule has 0 saturated carbocycles. The number of hydrogen-bond acceptors (Lipinski definition) is 4. The summed E-state index contributed by atoms with van der Waals surface area (Å²) in [6, 6.07) is 0. The van der Waals surface area contributed by atoms with E-state index >= 15 is 0 Å². The Hall–Kier alpha value is -0.640. The van der Waals surface area contributed by atoms with Crippen LogP contribution >= 0.6 is 22.6 Å². The van der Waals surface area contributed by atoms with E-state index in [0.29, 0.717) is 18.1 Å². The van der Waals surface area contributed by atoms with E-state index < -0.39 is 12.8 Å². The van der Waals surface area contributed by atoms with Crippen LogP contribution in [0.1, 0.15) is 18.4 Å². The minimum absolute atomic E-state index is 0.0807. The molecular formula is C10H13F3IN3O. The highest BCUT2D eigenvalue weighted by atomic mass is 127. The van der Waals surface area contributed by atoms with Crippen LogP contribution in [-0.4, -0.2) is 29.4 Å². The number of ether oxygens (including phenoxy) is 1. The predicted octanol–water partition coefficient (Wildman–Crippen LogP) is 2.35. The first-order valence-corrected chi connectivity index (χ1v) is 6.36. The highest BCUT2D eigenvalue weighted by Crippen LogP contribution is 2.17. The maximum absolute atomic E-state index is 11.8. The van der Waals surface area contributed by atoms with Crippen LogP contribution in [0.15, 0.2) is 0 Å². The number of nitrogens with zero attached hydrogens (tertiary/aromatic N) is 2. The van der Waals surface area contributed by atoms with Gasteiger partial charge >= 0.3 is 6.18 Å². The third-order valence-electron chi connectivity index (χ3n) is 2.06. The average molecular weight is 375 g/mol. The molecule has 0 saturated heterocycles. The Bertz CT molecular complexity index is 412. The van der Waals surface area contributed by atoms with E-state index in [4.69, 9.17) is 5.73 Å². The lowest BCUT2D eigenvalue weighted by Gasteiger charge is -2.09. The first kappa shape index (κ1) is 15.4. The predicted molar refractivity (Wildman–Crippen MR) is 69.1 cm³/mol. The molecule has 0 atom stereocenters. The lowest BCUT2D eigenvalue weighted by atomic mass is 10.3. The number of anilines is 1. The zero-order valence-corrected chi connectivity index (χ0v) is 11.9. The molecule has 1 aromatic heterocycles. The maximum atomic E-state index is 11.8. The summed E-state index contributed by atoms with van der Waals surface area (Å²) in [7, 11) is 0. The summed E-state index contributed by atoms with van der Waals surface area (Å²) in [5.74, 6) is 0.764. The van der Waals surface area contributed by atoms with E-state index in [1.54, 1.807) is 0 Å². The first-order chi connectivity index (χ1) is 8.33. The van der Waals surface area contributed by atoms with Crippen molar-refractivity contribution in [1.82, 2.24) is 9.97 Å². The van der Waals surface area contributed by atoms with Crippen molar-refractivity contribution in [3.8, 4) is 0 Å². The third-order valence-corrected chi connectivity index (χ3v) is 3.24. The molecule has 0 aliphatic rings. The van der Waals surface area contributed by atoms with Crippen molar-refractivity contribution in [2.45, 2.75) is 25.9 Å². The fourth-order valence-corrected chi connectivity index (χ4v) is 1.89. The van der Waals surface area contributed by atoms with Crippen LogP contribution in [0, 0.1) is 3.57 Å². The molecule has 8 heteroatoms. The Kier molecular flexibility index (Phi) is 5.57. The van der Waals surface area contributed by atoms with Gasteiger partial charge in [-0.3, -0.25) is 0 Å². The van der Waals surface area contributed by atoms with Gasteiger partial charge < -0.3 is 10.5 Å². The van der Waals surface area contributed by atoms with Gasteiger partial charge in [0.1, 0.15) is 18.2 Å². The molecule has 0 fully saturated rings. The molecule has 0 aliphatic heterocycles. The smallest absolute Gasteiger partial charge is 0.383 e. The third kappa shape index (κ3) is 4.92. The average Bonchev–Trinajstić information content (AvgIpc) is 2.27. The van der Waals surface area contributed by atoms with E-state index in [1.807, 2.05) is 29.5 Å².